The van der Waals surface area contributed by atoms with Crippen molar-refractivity contribution in [3.05, 3.63) is 39.9 Å². The van der Waals surface area contributed by atoms with E-state index in [-0.39, 0.29) is 11.1 Å². The van der Waals surface area contributed by atoms with Crippen LogP contribution in [0.25, 0.3) is 0 Å². The van der Waals surface area contributed by atoms with E-state index < -0.39 is 11.9 Å². The molecule has 98 valence electrons. The van der Waals surface area contributed by atoms with Gasteiger partial charge >= 0.3 is 5.97 Å². The van der Waals surface area contributed by atoms with Crippen molar-refractivity contribution in [3.63, 3.8) is 0 Å². The van der Waals surface area contributed by atoms with Crippen LogP contribution in [-0.2, 0) is 0 Å². The molecule has 1 heterocycles. The summed E-state index contributed by atoms with van der Waals surface area (Å²) in [5.74, 6) is -1.64. The molecule has 0 aliphatic carbocycles. The van der Waals surface area contributed by atoms with Crippen LogP contribution in [0.1, 0.15) is 31.3 Å². The van der Waals surface area contributed by atoms with Gasteiger partial charge in [-0.05, 0) is 26.0 Å². The van der Waals surface area contributed by atoms with Crippen LogP contribution in [0.15, 0.2) is 18.2 Å². The number of benzene rings is 1. The number of nitrogens with one attached hydrogen (secondary N) is 1. The molecule has 0 fully saturated rings. The van der Waals surface area contributed by atoms with Gasteiger partial charge in [-0.15, -0.1) is 10.2 Å². The van der Waals surface area contributed by atoms with Gasteiger partial charge in [-0.1, -0.05) is 23.0 Å². The minimum Gasteiger partial charge on any atom is -0.478 e. The molecular weight excluding hydrogens is 266 g/mol. The minimum absolute atomic E-state index is 0.0377. The third-order valence-electron chi connectivity index (χ3n) is 2.40. The molecule has 0 unspecified atom stereocenters. The second-order valence-electron chi connectivity index (χ2n) is 3.93. The number of amides is 1. The number of aromatic carboxylic acids is 1. The van der Waals surface area contributed by atoms with Gasteiger partial charge in [0, 0.05) is 0 Å². The zero-order valence-corrected chi connectivity index (χ0v) is 11.1. The number of aromatic nitrogens is 2. The second-order valence-corrected chi connectivity index (χ2v) is 5.12. The van der Waals surface area contributed by atoms with Crippen LogP contribution in [0.2, 0.25) is 0 Å². The minimum atomic E-state index is -1.14. The molecule has 0 aliphatic rings. The summed E-state index contributed by atoms with van der Waals surface area (Å²) in [6.07, 6.45) is 0. The summed E-state index contributed by atoms with van der Waals surface area (Å²) in [5.41, 5.74) is 0.883. The van der Waals surface area contributed by atoms with E-state index in [1.807, 2.05) is 0 Å². The summed E-state index contributed by atoms with van der Waals surface area (Å²) in [5, 5.41) is 20.2. The van der Waals surface area contributed by atoms with Gasteiger partial charge in [-0.3, -0.25) is 10.1 Å². The summed E-state index contributed by atoms with van der Waals surface area (Å²) in [4.78, 5) is 23.2. The number of hydrogen-bond donors (Lipinski definition) is 2. The third kappa shape index (κ3) is 2.94. The first kappa shape index (κ1) is 13.2. The molecular formula is C12H11N3O3S. The number of carboxylic acid groups (broad SMARTS) is 1. The molecule has 6 nitrogen and oxygen atoms in total. The molecule has 0 aliphatic heterocycles. The largest absolute Gasteiger partial charge is 0.478 e. The molecule has 1 aromatic carbocycles. The quantitative estimate of drug-likeness (QED) is 0.896. The van der Waals surface area contributed by atoms with Crippen molar-refractivity contribution in [2.75, 3.05) is 5.32 Å². The second kappa shape index (κ2) is 5.15. The Morgan fingerprint density at radius 1 is 1.21 bits per heavy atom. The summed E-state index contributed by atoms with van der Waals surface area (Å²) in [6, 6.07) is 4.60. The number of hydrogen-bond acceptors (Lipinski definition) is 5. The fourth-order valence-electron chi connectivity index (χ4n) is 1.54. The first-order chi connectivity index (χ1) is 8.97. The maximum Gasteiger partial charge on any atom is 0.336 e. The summed E-state index contributed by atoms with van der Waals surface area (Å²) in [6.45, 7) is 3.56. The highest BCUT2D eigenvalue weighted by molar-refractivity contribution is 7.15. The normalized spacial score (nSPS) is 10.2. The lowest BCUT2D eigenvalue weighted by molar-refractivity contribution is 0.0692. The van der Waals surface area contributed by atoms with E-state index in [2.05, 4.69) is 15.5 Å². The van der Waals surface area contributed by atoms with Crippen LogP contribution < -0.4 is 5.32 Å². The number of carbonyl (C=O) groups is 2. The first-order valence-corrected chi connectivity index (χ1v) is 6.24. The molecule has 2 rings (SSSR count). The number of rotatable bonds is 3. The Morgan fingerprint density at radius 3 is 2.53 bits per heavy atom. The van der Waals surface area contributed by atoms with Crippen LogP contribution in [0.4, 0.5) is 5.13 Å². The van der Waals surface area contributed by atoms with E-state index in [1.165, 1.54) is 23.5 Å². The molecule has 0 spiro atoms. The Kier molecular flexibility index (Phi) is 3.57. The molecule has 2 aromatic rings. The van der Waals surface area contributed by atoms with Crippen LogP contribution in [0.3, 0.4) is 0 Å². The fraction of sp³-hybridized carbons (Fsp3) is 0.167. The van der Waals surface area contributed by atoms with E-state index >= 15 is 0 Å². The maximum absolute atomic E-state index is 12.1. The predicted molar refractivity (Wildman–Crippen MR) is 70.7 cm³/mol. The van der Waals surface area contributed by atoms with Gasteiger partial charge in [0.05, 0.1) is 11.1 Å². The molecule has 1 amide bonds. The smallest absolute Gasteiger partial charge is 0.336 e. The topological polar surface area (TPSA) is 92.2 Å². The summed E-state index contributed by atoms with van der Waals surface area (Å²) >= 11 is 1.23. The molecule has 7 heteroatoms. The van der Waals surface area contributed by atoms with Gasteiger partial charge in [0.15, 0.2) is 0 Å². The Balaban J connectivity index is 2.32. The van der Waals surface area contributed by atoms with Crippen molar-refractivity contribution in [3.8, 4) is 0 Å². The molecule has 1 aromatic heterocycles. The SMILES string of the molecule is Cc1ccc(C(=O)O)c(C(=O)Nc2nnc(C)s2)c1. The zero-order chi connectivity index (χ0) is 14.0. The molecule has 0 saturated heterocycles. The van der Waals surface area contributed by atoms with Crippen molar-refractivity contribution in [1.29, 1.82) is 0 Å². The maximum atomic E-state index is 12.1. The fourth-order valence-corrected chi connectivity index (χ4v) is 2.13. The average molecular weight is 277 g/mol. The van der Waals surface area contributed by atoms with E-state index in [0.717, 1.165) is 10.6 Å². The van der Waals surface area contributed by atoms with Crippen molar-refractivity contribution >= 4 is 28.3 Å². The summed E-state index contributed by atoms with van der Waals surface area (Å²) in [7, 11) is 0. The standard InChI is InChI=1S/C12H11N3O3S/c1-6-3-4-8(11(17)18)9(5-6)10(16)13-12-15-14-7(2)19-12/h3-5H,1-2H3,(H,17,18)(H,13,15,16). The Hall–Kier alpha value is -2.28. The van der Waals surface area contributed by atoms with Gasteiger partial charge in [-0.25, -0.2) is 4.79 Å². The Morgan fingerprint density at radius 2 is 1.95 bits per heavy atom. The van der Waals surface area contributed by atoms with Gasteiger partial charge in [0.25, 0.3) is 5.91 Å². The van der Waals surface area contributed by atoms with E-state index in [4.69, 9.17) is 5.11 Å². The monoisotopic (exact) mass is 277 g/mol. The van der Waals surface area contributed by atoms with Crippen molar-refractivity contribution in [2.45, 2.75) is 13.8 Å². The van der Waals surface area contributed by atoms with E-state index in [0.29, 0.717) is 5.13 Å². The Bertz CT molecular complexity index is 651. The number of anilines is 1. The van der Waals surface area contributed by atoms with Crippen LogP contribution >= 0.6 is 11.3 Å². The Labute approximate surface area is 113 Å². The molecule has 0 bridgehead atoms. The molecule has 2 N–H and O–H groups in total. The van der Waals surface area contributed by atoms with Crippen molar-refractivity contribution < 1.29 is 14.7 Å². The lowest BCUT2D eigenvalue weighted by Crippen LogP contribution is -2.16. The number of nitrogens with zero attached hydrogens (tertiary/aromatic N) is 2. The van der Waals surface area contributed by atoms with Crippen LogP contribution in [0.5, 0.6) is 0 Å². The highest BCUT2D eigenvalue weighted by Gasteiger charge is 2.17. The number of carboxylic acids is 1. The molecule has 0 saturated carbocycles. The van der Waals surface area contributed by atoms with E-state index in [9.17, 15) is 9.59 Å². The first-order valence-electron chi connectivity index (χ1n) is 5.43. The van der Waals surface area contributed by atoms with Gasteiger partial charge in [0.2, 0.25) is 5.13 Å². The molecule has 0 radical (unpaired) electrons. The van der Waals surface area contributed by atoms with Gasteiger partial charge < -0.3 is 5.11 Å². The highest BCUT2D eigenvalue weighted by atomic mass is 32.1. The van der Waals surface area contributed by atoms with Crippen molar-refractivity contribution in [2.24, 2.45) is 0 Å². The predicted octanol–water partition coefficient (Wildman–Crippen LogP) is 2.11. The number of aryl methyl sites for hydroxylation is 2. The van der Waals surface area contributed by atoms with Crippen molar-refractivity contribution in [1.82, 2.24) is 10.2 Å². The molecule has 19 heavy (non-hydrogen) atoms. The van der Waals surface area contributed by atoms with E-state index in [1.54, 1.807) is 19.9 Å². The average Bonchev–Trinajstić information content (AvgIpc) is 2.74. The highest BCUT2D eigenvalue weighted by Crippen LogP contribution is 2.17. The lowest BCUT2D eigenvalue weighted by Gasteiger charge is -2.06. The zero-order valence-electron chi connectivity index (χ0n) is 10.3. The van der Waals surface area contributed by atoms with Gasteiger partial charge in [-0.2, -0.15) is 0 Å². The van der Waals surface area contributed by atoms with Crippen LogP contribution in [-0.4, -0.2) is 27.2 Å². The lowest BCUT2D eigenvalue weighted by atomic mass is 10.0. The molecule has 0 atom stereocenters. The van der Waals surface area contributed by atoms with Crippen LogP contribution in [0, 0.1) is 13.8 Å². The van der Waals surface area contributed by atoms with Gasteiger partial charge in [0.1, 0.15) is 5.01 Å². The summed E-state index contributed by atoms with van der Waals surface area (Å²) < 4.78 is 0. The third-order valence-corrected chi connectivity index (χ3v) is 3.15. The number of carbonyl (C=O) groups excluding carboxylic acids is 1.